The number of hydrogen-bond acceptors (Lipinski definition) is 5. The van der Waals surface area contributed by atoms with E-state index in [1.54, 1.807) is 11.9 Å². The van der Waals surface area contributed by atoms with Gasteiger partial charge in [0.1, 0.15) is 11.6 Å². The topological polar surface area (TPSA) is 78.8 Å². The van der Waals surface area contributed by atoms with Gasteiger partial charge in [-0.3, -0.25) is 14.3 Å². The van der Waals surface area contributed by atoms with Gasteiger partial charge in [-0.1, -0.05) is 6.07 Å². The number of sulfonamides is 1. The van der Waals surface area contributed by atoms with E-state index in [0.717, 1.165) is 10.6 Å². The maximum atomic E-state index is 13.4. The van der Waals surface area contributed by atoms with Crippen molar-refractivity contribution < 1.29 is 26.4 Å². The van der Waals surface area contributed by atoms with Crippen molar-refractivity contribution in [2.45, 2.75) is 18.0 Å². The minimum atomic E-state index is -3.84. The van der Waals surface area contributed by atoms with Crippen molar-refractivity contribution in [2.75, 3.05) is 39.8 Å². The first kappa shape index (κ1) is 22.2. The van der Waals surface area contributed by atoms with Gasteiger partial charge in [0.15, 0.2) is 0 Å². The van der Waals surface area contributed by atoms with Crippen LogP contribution in [0.3, 0.4) is 0 Å². The lowest BCUT2D eigenvalue weighted by Crippen LogP contribution is -2.52. The summed E-state index contributed by atoms with van der Waals surface area (Å²) in [6, 6.07) is 4.79. The lowest BCUT2D eigenvalue weighted by molar-refractivity contribution is -0.133. The standard InChI is InChI=1S/C18H22F3N5O3S/c1-23(12-16-22-5-6-26(16)18(20)21)13-17(27)24-7-9-25(10-8-24)30(28,29)15-4-2-3-14(19)11-15/h2-6,11,18H,7-10,12-13H2,1H3. The van der Waals surface area contributed by atoms with Gasteiger partial charge in [0, 0.05) is 38.6 Å². The molecule has 3 rings (SSSR count). The number of piperazine rings is 1. The summed E-state index contributed by atoms with van der Waals surface area (Å²) in [5.74, 6) is -0.734. The van der Waals surface area contributed by atoms with E-state index in [-0.39, 0.29) is 55.9 Å². The van der Waals surface area contributed by atoms with Crippen molar-refractivity contribution in [3.63, 3.8) is 0 Å². The van der Waals surface area contributed by atoms with Gasteiger partial charge in [0.25, 0.3) is 0 Å². The third-order valence-corrected chi connectivity index (χ3v) is 6.70. The van der Waals surface area contributed by atoms with Crippen LogP contribution < -0.4 is 0 Å². The molecule has 2 heterocycles. The minimum absolute atomic E-state index is 0.0211. The number of amides is 1. The zero-order chi connectivity index (χ0) is 21.9. The third kappa shape index (κ3) is 4.99. The SMILES string of the molecule is CN(CC(=O)N1CCN(S(=O)(=O)c2cccc(F)c2)CC1)Cc1nccn1C(F)F. The van der Waals surface area contributed by atoms with Crippen molar-refractivity contribution >= 4 is 15.9 Å². The predicted molar refractivity (Wildman–Crippen MR) is 102 cm³/mol. The fraction of sp³-hybridized carbons (Fsp3) is 0.444. The highest BCUT2D eigenvalue weighted by atomic mass is 32.2. The molecular formula is C18H22F3N5O3S. The van der Waals surface area contributed by atoms with Crippen LogP contribution in [0.5, 0.6) is 0 Å². The highest BCUT2D eigenvalue weighted by Gasteiger charge is 2.30. The number of carbonyl (C=O) groups is 1. The van der Waals surface area contributed by atoms with Crippen LogP contribution >= 0.6 is 0 Å². The van der Waals surface area contributed by atoms with Crippen LogP contribution in [0.2, 0.25) is 0 Å². The Balaban J connectivity index is 1.54. The van der Waals surface area contributed by atoms with Crippen molar-refractivity contribution in [1.29, 1.82) is 0 Å². The molecule has 1 aliphatic heterocycles. The van der Waals surface area contributed by atoms with E-state index >= 15 is 0 Å². The molecule has 0 atom stereocenters. The number of likely N-dealkylation sites (N-methyl/N-ethyl adjacent to an activating group) is 1. The van der Waals surface area contributed by atoms with E-state index < -0.39 is 22.4 Å². The van der Waals surface area contributed by atoms with Crippen LogP contribution in [-0.4, -0.2) is 77.8 Å². The number of carbonyl (C=O) groups excluding carboxylic acids is 1. The average molecular weight is 445 g/mol. The number of rotatable bonds is 7. The molecular weight excluding hydrogens is 423 g/mol. The number of hydrogen-bond donors (Lipinski definition) is 0. The molecule has 12 heteroatoms. The maximum absolute atomic E-state index is 13.4. The number of nitrogens with zero attached hydrogens (tertiary/aromatic N) is 5. The summed E-state index contributed by atoms with van der Waals surface area (Å²) in [5, 5.41) is 0. The molecule has 0 aliphatic carbocycles. The molecule has 0 N–H and O–H groups in total. The summed E-state index contributed by atoms with van der Waals surface area (Å²) in [5.41, 5.74) is 0. The van der Waals surface area contributed by atoms with Crippen molar-refractivity contribution in [3.05, 3.63) is 48.3 Å². The molecule has 30 heavy (non-hydrogen) atoms. The molecule has 0 bridgehead atoms. The molecule has 1 fully saturated rings. The number of imidazole rings is 1. The molecule has 0 spiro atoms. The van der Waals surface area contributed by atoms with E-state index in [9.17, 15) is 26.4 Å². The smallest absolute Gasteiger partial charge is 0.319 e. The Morgan fingerprint density at radius 3 is 2.57 bits per heavy atom. The van der Waals surface area contributed by atoms with Crippen LogP contribution in [0.25, 0.3) is 0 Å². The Morgan fingerprint density at radius 2 is 1.93 bits per heavy atom. The summed E-state index contributed by atoms with van der Waals surface area (Å²) in [6.07, 6.45) is 2.45. The maximum Gasteiger partial charge on any atom is 0.319 e. The lowest BCUT2D eigenvalue weighted by Gasteiger charge is -2.34. The Kier molecular flexibility index (Phi) is 6.78. The van der Waals surface area contributed by atoms with Gasteiger partial charge in [-0.25, -0.2) is 17.8 Å². The Morgan fingerprint density at radius 1 is 1.23 bits per heavy atom. The molecule has 1 saturated heterocycles. The Labute approximate surface area is 172 Å². The second kappa shape index (κ2) is 9.14. The summed E-state index contributed by atoms with van der Waals surface area (Å²) < 4.78 is 66.4. The van der Waals surface area contributed by atoms with E-state index in [1.807, 2.05) is 0 Å². The van der Waals surface area contributed by atoms with Crippen molar-refractivity contribution in [3.8, 4) is 0 Å². The van der Waals surface area contributed by atoms with E-state index in [1.165, 1.54) is 39.8 Å². The molecule has 1 aliphatic rings. The van der Waals surface area contributed by atoms with Gasteiger partial charge >= 0.3 is 6.55 Å². The fourth-order valence-electron chi connectivity index (χ4n) is 3.23. The van der Waals surface area contributed by atoms with Crippen LogP contribution in [-0.2, 0) is 21.4 Å². The highest BCUT2D eigenvalue weighted by Crippen LogP contribution is 2.19. The van der Waals surface area contributed by atoms with Gasteiger partial charge < -0.3 is 4.90 Å². The highest BCUT2D eigenvalue weighted by molar-refractivity contribution is 7.89. The summed E-state index contributed by atoms with van der Waals surface area (Å²) >= 11 is 0. The monoisotopic (exact) mass is 445 g/mol. The van der Waals surface area contributed by atoms with E-state index in [2.05, 4.69) is 4.98 Å². The zero-order valence-corrected chi connectivity index (χ0v) is 17.1. The fourth-order valence-corrected chi connectivity index (χ4v) is 4.68. The normalized spacial score (nSPS) is 15.9. The molecule has 1 amide bonds. The van der Waals surface area contributed by atoms with Crippen LogP contribution in [0.15, 0.2) is 41.6 Å². The number of alkyl halides is 2. The summed E-state index contributed by atoms with van der Waals surface area (Å²) in [6.45, 7) is -2.11. The quantitative estimate of drug-likeness (QED) is 0.644. The van der Waals surface area contributed by atoms with Crippen molar-refractivity contribution in [2.24, 2.45) is 0 Å². The first-order valence-corrected chi connectivity index (χ1v) is 10.6. The van der Waals surface area contributed by atoms with Gasteiger partial charge in [-0.05, 0) is 25.2 Å². The van der Waals surface area contributed by atoms with Crippen molar-refractivity contribution in [1.82, 2.24) is 23.7 Å². The minimum Gasteiger partial charge on any atom is -0.339 e. The number of halogens is 3. The summed E-state index contributed by atoms with van der Waals surface area (Å²) in [4.78, 5) is 19.4. The van der Waals surface area contributed by atoms with E-state index in [0.29, 0.717) is 0 Å². The molecule has 8 nitrogen and oxygen atoms in total. The first-order valence-electron chi connectivity index (χ1n) is 9.20. The molecule has 0 unspecified atom stereocenters. The summed E-state index contributed by atoms with van der Waals surface area (Å²) in [7, 11) is -2.22. The molecule has 164 valence electrons. The van der Waals surface area contributed by atoms with Gasteiger partial charge in [0.2, 0.25) is 15.9 Å². The first-order chi connectivity index (χ1) is 14.2. The molecule has 1 aromatic carbocycles. The predicted octanol–water partition coefficient (Wildman–Crippen LogP) is 1.38. The number of benzene rings is 1. The van der Waals surface area contributed by atoms with Crippen LogP contribution in [0.4, 0.5) is 13.2 Å². The zero-order valence-electron chi connectivity index (χ0n) is 16.3. The van der Waals surface area contributed by atoms with Gasteiger partial charge in [-0.15, -0.1) is 0 Å². The van der Waals surface area contributed by atoms with Gasteiger partial charge in [-0.2, -0.15) is 13.1 Å². The molecule has 2 aromatic rings. The third-order valence-electron chi connectivity index (χ3n) is 4.80. The molecule has 0 radical (unpaired) electrons. The molecule has 1 aromatic heterocycles. The van der Waals surface area contributed by atoms with E-state index in [4.69, 9.17) is 0 Å². The Hall–Kier alpha value is -2.44. The van der Waals surface area contributed by atoms with Crippen LogP contribution in [0.1, 0.15) is 12.4 Å². The second-order valence-electron chi connectivity index (χ2n) is 6.94. The Bertz CT molecular complexity index is 990. The van der Waals surface area contributed by atoms with Gasteiger partial charge in [0.05, 0.1) is 18.0 Å². The largest absolute Gasteiger partial charge is 0.339 e. The molecule has 0 saturated carbocycles. The second-order valence-corrected chi connectivity index (χ2v) is 8.88. The van der Waals surface area contributed by atoms with Crippen LogP contribution in [0, 0.1) is 5.82 Å². The number of aromatic nitrogens is 2. The lowest BCUT2D eigenvalue weighted by atomic mass is 10.3. The average Bonchev–Trinajstić information content (AvgIpc) is 3.16.